The van der Waals surface area contributed by atoms with Crippen molar-refractivity contribution in [3.05, 3.63) is 0 Å². The minimum atomic E-state index is -0.896. The van der Waals surface area contributed by atoms with Crippen LogP contribution in [0.1, 0.15) is 59.3 Å². The molecule has 0 aliphatic heterocycles. The number of unbranched alkanes of at least 4 members (excludes halogenated alkanes) is 3. The van der Waals surface area contributed by atoms with Crippen molar-refractivity contribution in [3.63, 3.8) is 0 Å². The quantitative estimate of drug-likeness (QED) is 0.498. The molecule has 0 radical (unpaired) electrons. The molecule has 1 atom stereocenters. The van der Waals surface area contributed by atoms with Crippen LogP contribution in [0.15, 0.2) is 0 Å². The van der Waals surface area contributed by atoms with E-state index in [1.165, 1.54) is 38.5 Å². The second-order valence-corrected chi connectivity index (χ2v) is 12.6. The van der Waals surface area contributed by atoms with E-state index in [0.717, 1.165) is 0 Å². The summed E-state index contributed by atoms with van der Waals surface area (Å²) in [5, 5.41) is 0. The van der Waals surface area contributed by atoms with Crippen LogP contribution in [-0.2, 0) is 0 Å². The summed E-state index contributed by atoms with van der Waals surface area (Å²) in [6, 6.07) is 0. The number of hydrogen-bond donors (Lipinski definition) is 0. The van der Waals surface area contributed by atoms with Gasteiger partial charge in [0, 0.05) is 0 Å². The Hall–Kier alpha value is 0.860. The summed E-state index contributed by atoms with van der Waals surface area (Å²) in [6.07, 6.45) is 13.2. The van der Waals surface area contributed by atoms with Gasteiger partial charge in [-0.2, -0.15) is 0 Å². The maximum atomic E-state index is 3.30. The van der Waals surface area contributed by atoms with Gasteiger partial charge in [0.25, 0.3) is 0 Å². The summed E-state index contributed by atoms with van der Waals surface area (Å²) in [5.74, 6) is 0. The molecule has 0 nitrogen and oxygen atoms in total. The topological polar surface area (TPSA) is 0 Å². The molecule has 14 heavy (non-hydrogen) atoms. The summed E-state index contributed by atoms with van der Waals surface area (Å²) >= 11 is 0. The predicted octanol–water partition coefficient (Wildman–Crippen LogP) is 4.93. The fourth-order valence-electron chi connectivity index (χ4n) is 1.96. The molecule has 0 aromatic rings. The first-order chi connectivity index (χ1) is 6.68. The van der Waals surface area contributed by atoms with Crippen LogP contribution in [0, 0.1) is 0 Å². The molecule has 2 heteroatoms. The molecule has 0 aliphatic carbocycles. The molecule has 1 unspecified atom stereocenters. The van der Waals surface area contributed by atoms with Gasteiger partial charge in [-0.25, -0.2) is 0 Å². The summed E-state index contributed by atoms with van der Waals surface area (Å²) in [5.41, 5.74) is 0. The van der Waals surface area contributed by atoms with Crippen LogP contribution in [0.25, 0.3) is 0 Å². The van der Waals surface area contributed by atoms with Gasteiger partial charge >= 0.3 is 93.7 Å². The second-order valence-electron chi connectivity index (χ2n) is 4.67. The van der Waals surface area contributed by atoms with Crippen LogP contribution in [0.5, 0.6) is 0 Å². The van der Waals surface area contributed by atoms with Crippen molar-refractivity contribution >= 4 is 15.9 Å². The van der Waals surface area contributed by atoms with E-state index in [4.69, 9.17) is 0 Å². The van der Waals surface area contributed by atoms with Crippen molar-refractivity contribution in [3.8, 4) is 0 Å². The van der Waals surface area contributed by atoms with E-state index in [2.05, 4.69) is 29.7 Å². The zero-order valence-corrected chi connectivity index (χ0v) is 12.6. The summed E-state index contributed by atoms with van der Waals surface area (Å²) in [6.45, 7) is 6.06. The van der Waals surface area contributed by atoms with Gasteiger partial charge in [-0.05, 0) is 0 Å². The predicted molar refractivity (Wildman–Crippen MR) is 77.4 cm³/mol. The van der Waals surface area contributed by atoms with Gasteiger partial charge in [-0.15, -0.1) is 0 Å². The summed E-state index contributed by atoms with van der Waals surface area (Å²) < 4.78 is 0. The molecule has 0 heterocycles. The average Bonchev–Trinajstić information content (AvgIpc) is 2.21. The molecule has 0 amide bonds. The Balaban J connectivity index is 3.89. The van der Waals surface area contributed by atoms with Crippen molar-refractivity contribution in [1.82, 2.24) is 0 Å². The molecule has 0 aromatic heterocycles. The average molecular weight is 236 g/mol. The van der Waals surface area contributed by atoms with E-state index in [1.54, 1.807) is 18.5 Å². The van der Waals surface area contributed by atoms with Gasteiger partial charge in [-0.1, -0.05) is 0 Å². The van der Waals surface area contributed by atoms with Crippen molar-refractivity contribution in [2.24, 2.45) is 0 Å². The molecule has 0 rings (SSSR count). The van der Waals surface area contributed by atoms with Gasteiger partial charge in [0.2, 0.25) is 0 Å². The third-order valence-electron chi connectivity index (χ3n) is 3.08. The van der Waals surface area contributed by atoms with Crippen molar-refractivity contribution in [1.29, 1.82) is 0 Å². The number of hydrogen-bond acceptors (Lipinski definition) is 0. The Bertz CT molecular complexity index is 102. The van der Waals surface area contributed by atoms with E-state index < -0.39 is 6.95 Å². The van der Waals surface area contributed by atoms with Crippen LogP contribution in [0.4, 0.5) is 0 Å². The first-order valence-electron chi connectivity index (χ1n) is 6.47. The molecular formula is C12H30P2. The number of rotatable bonds is 9. The fourth-order valence-corrected chi connectivity index (χ4v) is 7.72. The van der Waals surface area contributed by atoms with Gasteiger partial charge in [0.15, 0.2) is 0 Å². The Morgan fingerprint density at radius 1 is 0.714 bits per heavy atom. The fraction of sp³-hybridized carbons (Fsp3) is 1.00. The third kappa shape index (κ3) is 7.19. The zero-order valence-electron chi connectivity index (χ0n) is 10.4. The van der Waals surface area contributed by atoms with Crippen molar-refractivity contribution < 1.29 is 0 Å². The van der Waals surface area contributed by atoms with Crippen LogP contribution in [0.2, 0.25) is 0 Å². The zero-order chi connectivity index (χ0) is 10.9. The Morgan fingerprint density at radius 2 is 1.00 bits per heavy atom. The van der Waals surface area contributed by atoms with Crippen molar-refractivity contribution in [2.75, 3.05) is 18.5 Å². The van der Waals surface area contributed by atoms with Crippen LogP contribution >= 0.6 is 15.9 Å². The molecule has 0 N–H and O–H groups in total. The summed E-state index contributed by atoms with van der Waals surface area (Å²) in [4.78, 5) is 0. The molecule has 88 valence electrons. The first-order valence-corrected chi connectivity index (χ1v) is 10.9. The van der Waals surface area contributed by atoms with Crippen LogP contribution < -0.4 is 0 Å². The van der Waals surface area contributed by atoms with Gasteiger partial charge < -0.3 is 0 Å². The first kappa shape index (κ1) is 14.9. The molecule has 0 spiro atoms. The van der Waals surface area contributed by atoms with E-state index >= 15 is 0 Å². The van der Waals surface area contributed by atoms with E-state index in [0.29, 0.717) is 0 Å². The molecule has 0 aromatic carbocycles. The van der Waals surface area contributed by atoms with E-state index in [-0.39, 0.29) is 0 Å². The SMILES string of the molecule is CCCC[PH](P)(CCCC)CCCC. The summed E-state index contributed by atoms with van der Waals surface area (Å²) in [7, 11) is 3.30. The molecule has 0 saturated heterocycles. The molecule has 0 fully saturated rings. The Kier molecular flexibility index (Phi) is 9.67. The van der Waals surface area contributed by atoms with Gasteiger partial charge in [0.05, 0.1) is 0 Å². The van der Waals surface area contributed by atoms with Crippen molar-refractivity contribution in [2.45, 2.75) is 59.3 Å². The molecule has 0 aliphatic rings. The van der Waals surface area contributed by atoms with E-state index in [9.17, 15) is 0 Å². The Labute approximate surface area is 94.1 Å². The molecule has 0 bridgehead atoms. The van der Waals surface area contributed by atoms with Gasteiger partial charge in [0.1, 0.15) is 0 Å². The minimum absolute atomic E-state index is 0.896. The van der Waals surface area contributed by atoms with Crippen LogP contribution in [-0.4, -0.2) is 18.5 Å². The third-order valence-corrected chi connectivity index (χ3v) is 9.73. The second kappa shape index (κ2) is 9.11. The van der Waals surface area contributed by atoms with Crippen LogP contribution in [0.3, 0.4) is 0 Å². The maximum absolute atomic E-state index is 3.30. The molecular weight excluding hydrogens is 206 g/mol. The van der Waals surface area contributed by atoms with E-state index in [1.807, 2.05) is 0 Å². The van der Waals surface area contributed by atoms with Gasteiger partial charge in [-0.3, -0.25) is 0 Å². The normalized spacial score (nSPS) is 13.1. The Morgan fingerprint density at radius 3 is 1.21 bits per heavy atom. The monoisotopic (exact) mass is 236 g/mol. The standard InChI is InChI=1S/C12H30P2/c1-4-7-10-14(13,11-8-5-2)12-9-6-3/h14H,4-13H2,1-3H3. The molecule has 0 saturated carbocycles.